The minimum absolute atomic E-state index is 0.0161. The van der Waals surface area contributed by atoms with Crippen LogP contribution in [0.1, 0.15) is 37.1 Å². The third kappa shape index (κ3) is 3.93. The van der Waals surface area contributed by atoms with Crippen molar-refractivity contribution in [2.75, 3.05) is 13.6 Å². The first-order valence-electron chi connectivity index (χ1n) is 8.82. The van der Waals surface area contributed by atoms with E-state index in [1.165, 1.54) is 28.3 Å². The van der Waals surface area contributed by atoms with E-state index in [1.807, 2.05) is 0 Å². The first kappa shape index (κ1) is 19.3. The maximum atomic E-state index is 12.8. The molecule has 1 aromatic heterocycles. The number of hydrazone groups is 1. The molecule has 1 aromatic carbocycles. The molecule has 0 saturated heterocycles. The highest BCUT2D eigenvalue weighted by Crippen LogP contribution is 2.33. The smallest absolute Gasteiger partial charge is 0.269 e. The van der Waals surface area contributed by atoms with E-state index in [4.69, 9.17) is 4.42 Å². The van der Waals surface area contributed by atoms with Crippen molar-refractivity contribution in [3.63, 3.8) is 0 Å². The molecule has 0 bridgehead atoms. The Balaban J connectivity index is 1.86. The first-order chi connectivity index (χ1) is 13.4. The number of rotatable bonds is 6. The third-order valence-corrected chi connectivity index (χ3v) is 4.55. The number of nitro benzene ring substituents is 1. The standard InChI is InChI=1S/C19H20N4O5/c1-3-18(24)21(2)12-19(25)22-16(17-5-4-10-28-17)11-15(20-22)13-6-8-14(9-7-13)23(26)27/h4-10,16H,3,11-12H2,1-2H3/t16-/m0/s1. The summed E-state index contributed by atoms with van der Waals surface area (Å²) in [5.74, 6) is 0.114. The number of nitro groups is 1. The maximum absolute atomic E-state index is 12.8. The molecule has 0 radical (unpaired) electrons. The van der Waals surface area contributed by atoms with E-state index in [0.29, 0.717) is 29.9 Å². The molecule has 0 aliphatic carbocycles. The van der Waals surface area contributed by atoms with Crippen molar-refractivity contribution in [3.8, 4) is 0 Å². The predicted molar refractivity (Wildman–Crippen MR) is 100 cm³/mol. The van der Waals surface area contributed by atoms with Gasteiger partial charge in [0.05, 0.1) is 16.9 Å². The lowest BCUT2D eigenvalue weighted by atomic mass is 10.0. The van der Waals surface area contributed by atoms with E-state index < -0.39 is 11.0 Å². The van der Waals surface area contributed by atoms with E-state index >= 15 is 0 Å². The molecule has 0 saturated carbocycles. The van der Waals surface area contributed by atoms with Gasteiger partial charge in [0.15, 0.2) is 0 Å². The second-order valence-corrected chi connectivity index (χ2v) is 6.43. The van der Waals surface area contributed by atoms with Crippen LogP contribution in [0.5, 0.6) is 0 Å². The molecule has 1 atom stereocenters. The van der Waals surface area contributed by atoms with Gasteiger partial charge in [0, 0.05) is 32.0 Å². The highest BCUT2D eigenvalue weighted by Gasteiger charge is 2.35. The second-order valence-electron chi connectivity index (χ2n) is 6.43. The molecule has 3 rings (SSSR count). The summed E-state index contributed by atoms with van der Waals surface area (Å²) in [5, 5.41) is 16.6. The molecule has 9 heteroatoms. The van der Waals surface area contributed by atoms with Crippen LogP contribution in [0, 0.1) is 10.1 Å². The van der Waals surface area contributed by atoms with E-state index in [-0.39, 0.29) is 24.0 Å². The fourth-order valence-electron chi connectivity index (χ4n) is 3.03. The van der Waals surface area contributed by atoms with E-state index in [2.05, 4.69) is 5.10 Å². The zero-order valence-corrected chi connectivity index (χ0v) is 15.6. The third-order valence-electron chi connectivity index (χ3n) is 4.55. The zero-order chi connectivity index (χ0) is 20.3. The molecule has 0 N–H and O–H groups in total. The monoisotopic (exact) mass is 384 g/mol. The predicted octanol–water partition coefficient (Wildman–Crippen LogP) is 2.73. The van der Waals surface area contributed by atoms with Crippen LogP contribution in [0.2, 0.25) is 0 Å². The molecule has 1 aliphatic heterocycles. The van der Waals surface area contributed by atoms with Crippen LogP contribution in [-0.2, 0) is 9.59 Å². The van der Waals surface area contributed by atoms with Gasteiger partial charge in [-0.25, -0.2) is 5.01 Å². The lowest BCUT2D eigenvalue weighted by Gasteiger charge is -2.23. The van der Waals surface area contributed by atoms with Gasteiger partial charge >= 0.3 is 0 Å². The minimum atomic E-state index is -0.470. The molecule has 0 fully saturated rings. The molecule has 0 spiro atoms. The Morgan fingerprint density at radius 2 is 2.04 bits per heavy atom. The number of benzene rings is 1. The topological polar surface area (TPSA) is 109 Å². The number of amides is 2. The van der Waals surface area contributed by atoms with Crippen LogP contribution in [0.25, 0.3) is 0 Å². The Labute approximate surface area is 161 Å². The van der Waals surface area contributed by atoms with E-state index in [1.54, 1.807) is 38.2 Å². The van der Waals surface area contributed by atoms with Crippen molar-refractivity contribution in [1.82, 2.24) is 9.91 Å². The van der Waals surface area contributed by atoms with Gasteiger partial charge in [-0.1, -0.05) is 6.92 Å². The van der Waals surface area contributed by atoms with E-state index in [0.717, 1.165) is 0 Å². The average molecular weight is 384 g/mol. The van der Waals surface area contributed by atoms with Crippen LogP contribution < -0.4 is 0 Å². The van der Waals surface area contributed by atoms with Gasteiger partial charge in [-0.3, -0.25) is 19.7 Å². The summed E-state index contributed by atoms with van der Waals surface area (Å²) >= 11 is 0. The first-order valence-corrected chi connectivity index (χ1v) is 8.82. The van der Waals surface area contributed by atoms with Crippen molar-refractivity contribution in [2.24, 2.45) is 5.10 Å². The highest BCUT2D eigenvalue weighted by molar-refractivity contribution is 6.03. The van der Waals surface area contributed by atoms with Gasteiger partial charge in [0.25, 0.3) is 11.6 Å². The number of carbonyl (C=O) groups excluding carboxylic acids is 2. The van der Waals surface area contributed by atoms with Crippen LogP contribution >= 0.6 is 0 Å². The van der Waals surface area contributed by atoms with Crippen LogP contribution in [0.15, 0.2) is 52.2 Å². The number of carbonyl (C=O) groups is 2. The summed E-state index contributed by atoms with van der Waals surface area (Å²) in [7, 11) is 1.57. The number of furan rings is 1. The fourth-order valence-corrected chi connectivity index (χ4v) is 3.03. The molecule has 28 heavy (non-hydrogen) atoms. The second kappa shape index (κ2) is 8.03. The SMILES string of the molecule is CCC(=O)N(C)CC(=O)N1N=C(c2ccc([N+](=O)[O-])cc2)C[C@H]1c1ccco1. The molecular formula is C19H20N4O5. The van der Waals surface area contributed by atoms with Crippen molar-refractivity contribution >= 4 is 23.2 Å². The Morgan fingerprint density at radius 1 is 1.32 bits per heavy atom. The van der Waals surface area contributed by atoms with Gasteiger partial charge in [-0.05, 0) is 29.8 Å². The Kier molecular flexibility index (Phi) is 5.53. The Bertz CT molecular complexity index is 905. The Hall–Kier alpha value is -3.49. The molecule has 2 aromatic rings. The largest absolute Gasteiger partial charge is 0.467 e. The van der Waals surface area contributed by atoms with Gasteiger partial charge < -0.3 is 9.32 Å². The number of hydrogen-bond donors (Lipinski definition) is 0. The van der Waals surface area contributed by atoms with Crippen molar-refractivity contribution in [3.05, 3.63) is 64.1 Å². The van der Waals surface area contributed by atoms with E-state index in [9.17, 15) is 19.7 Å². The number of likely N-dealkylation sites (N-methyl/N-ethyl adjacent to an activating group) is 1. The molecule has 0 unspecified atom stereocenters. The van der Waals surface area contributed by atoms with Gasteiger partial charge in [-0.15, -0.1) is 0 Å². The van der Waals surface area contributed by atoms with Crippen LogP contribution in [0.3, 0.4) is 0 Å². The molecule has 1 aliphatic rings. The Morgan fingerprint density at radius 3 is 2.61 bits per heavy atom. The normalized spacial score (nSPS) is 16.0. The summed E-state index contributed by atoms with van der Waals surface area (Å²) in [6.45, 7) is 1.64. The fraction of sp³-hybridized carbons (Fsp3) is 0.316. The summed E-state index contributed by atoms with van der Waals surface area (Å²) in [4.78, 5) is 36.3. The lowest BCUT2D eigenvalue weighted by molar-refractivity contribution is -0.384. The number of non-ortho nitro benzene ring substituents is 1. The van der Waals surface area contributed by atoms with Gasteiger partial charge in [0.2, 0.25) is 5.91 Å². The molecule has 2 amide bonds. The van der Waals surface area contributed by atoms with Crippen molar-refractivity contribution in [2.45, 2.75) is 25.8 Å². The van der Waals surface area contributed by atoms with Gasteiger partial charge in [-0.2, -0.15) is 5.10 Å². The zero-order valence-electron chi connectivity index (χ0n) is 15.6. The van der Waals surface area contributed by atoms with Gasteiger partial charge in [0.1, 0.15) is 18.3 Å². The number of nitrogens with zero attached hydrogens (tertiary/aromatic N) is 4. The quantitative estimate of drug-likeness (QED) is 0.562. The molecular weight excluding hydrogens is 364 g/mol. The summed E-state index contributed by atoms with van der Waals surface area (Å²) in [5.41, 5.74) is 1.29. The minimum Gasteiger partial charge on any atom is -0.467 e. The van der Waals surface area contributed by atoms with Crippen molar-refractivity contribution < 1.29 is 18.9 Å². The van der Waals surface area contributed by atoms with Crippen LogP contribution in [-0.4, -0.2) is 46.0 Å². The summed E-state index contributed by atoms with van der Waals surface area (Å²) in [6, 6.07) is 9.08. The molecule has 2 heterocycles. The van der Waals surface area contributed by atoms with Crippen LogP contribution in [0.4, 0.5) is 5.69 Å². The van der Waals surface area contributed by atoms with Crippen molar-refractivity contribution in [1.29, 1.82) is 0 Å². The molecule has 9 nitrogen and oxygen atoms in total. The lowest BCUT2D eigenvalue weighted by Crippen LogP contribution is -2.38. The average Bonchev–Trinajstić information content (AvgIpc) is 3.36. The molecule has 146 valence electrons. The maximum Gasteiger partial charge on any atom is 0.269 e. The number of hydrogen-bond acceptors (Lipinski definition) is 6. The summed E-state index contributed by atoms with van der Waals surface area (Å²) in [6.07, 6.45) is 2.24. The highest BCUT2D eigenvalue weighted by atomic mass is 16.6. The summed E-state index contributed by atoms with van der Waals surface area (Å²) < 4.78 is 5.47.